The van der Waals surface area contributed by atoms with Crippen molar-refractivity contribution in [2.75, 3.05) is 6.54 Å². The minimum absolute atomic E-state index is 0.164. The summed E-state index contributed by atoms with van der Waals surface area (Å²) >= 11 is 0. The van der Waals surface area contributed by atoms with Gasteiger partial charge in [-0.2, -0.15) is 0 Å². The minimum Gasteiger partial charge on any atom is -0.444 e. The highest BCUT2D eigenvalue weighted by Gasteiger charge is 2.30. The van der Waals surface area contributed by atoms with Gasteiger partial charge in [-0.1, -0.05) is 25.1 Å². The lowest BCUT2D eigenvalue weighted by Crippen LogP contribution is -2.45. The third kappa shape index (κ3) is 4.23. The van der Waals surface area contributed by atoms with Gasteiger partial charge in [-0.05, 0) is 57.4 Å². The number of ether oxygens (including phenoxy) is 1. The van der Waals surface area contributed by atoms with Crippen molar-refractivity contribution in [2.45, 2.75) is 65.8 Å². The smallest absolute Gasteiger partial charge is 0.410 e. The number of nitrogens with zero attached hydrogens (tertiary/aromatic N) is 1. The van der Waals surface area contributed by atoms with Gasteiger partial charge in [0.05, 0.1) is 0 Å². The molecule has 1 atom stereocenters. The molecule has 1 aromatic carbocycles. The van der Waals surface area contributed by atoms with E-state index in [1.165, 1.54) is 16.7 Å². The summed E-state index contributed by atoms with van der Waals surface area (Å²) in [5.41, 5.74) is 3.43. The predicted octanol–water partition coefficient (Wildman–Crippen LogP) is 3.48. The molecule has 4 nitrogen and oxygen atoms in total. The first-order chi connectivity index (χ1) is 10.3. The Labute approximate surface area is 133 Å². The molecule has 0 bridgehead atoms. The van der Waals surface area contributed by atoms with Crippen molar-refractivity contribution >= 4 is 6.09 Å². The topological polar surface area (TPSA) is 41.6 Å². The Morgan fingerprint density at radius 2 is 2.09 bits per heavy atom. The highest BCUT2D eigenvalue weighted by Crippen LogP contribution is 2.26. The average Bonchev–Trinajstić information content (AvgIpc) is 2.42. The van der Waals surface area contributed by atoms with E-state index in [1.54, 1.807) is 0 Å². The second-order valence-electron chi connectivity index (χ2n) is 7.04. The maximum atomic E-state index is 12.3. The maximum Gasteiger partial charge on any atom is 0.410 e. The molecule has 2 rings (SSSR count). The normalized spacial score (nSPS) is 18.0. The summed E-state index contributed by atoms with van der Waals surface area (Å²) in [5, 5.41) is 3.35. The molecule has 0 fully saturated rings. The van der Waals surface area contributed by atoms with Crippen molar-refractivity contribution in [3.05, 3.63) is 34.9 Å². The quantitative estimate of drug-likeness (QED) is 0.929. The largest absolute Gasteiger partial charge is 0.444 e. The molecule has 1 aliphatic rings. The van der Waals surface area contributed by atoms with Crippen molar-refractivity contribution in [1.29, 1.82) is 0 Å². The second kappa shape index (κ2) is 6.69. The number of benzene rings is 1. The highest BCUT2D eigenvalue weighted by molar-refractivity contribution is 5.69. The molecule has 1 aromatic rings. The second-order valence-corrected chi connectivity index (χ2v) is 7.04. The average molecular weight is 304 g/mol. The summed E-state index contributed by atoms with van der Waals surface area (Å²) in [5.74, 6) is 0. The summed E-state index contributed by atoms with van der Waals surface area (Å²) in [6, 6.07) is 6.72. The lowest BCUT2D eigenvalue weighted by Gasteiger charge is -2.36. The Bertz CT molecular complexity index is 534. The van der Waals surface area contributed by atoms with Crippen LogP contribution < -0.4 is 5.32 Å². The van der Waals surface area contributed by atoms with Gasteiger partial charge >= 0.3 is 6.09 Å². The van der Waals surface area contributed by atoms with E-state index in [0.717, 1.165) is 19.5 Å². The first-order valence-corrected chi connectivity index (χ1v) is 8.11. The molecule has 0 spiro atoms. The van der Waals surface area contributed by atoms with Gasteiger partial charge in [0.15, 0.2) is 0 Å². The van der Waals surface area contributed by atoms with Gasteiger partial charge in [-0.15, -0.1) is 0 Å². The zero-order valence-electron chi connectivity index (χ0n) is 14.4. The summed E-state index contributed by atoms with van der Waals surface area (Å²) in [7, 11) is 0. The number of carbonyl (C=O) groups is 1. The van der Waals surface area contributed by atoms with Gasteiger partial charge in [0.2, 0.25) is 0 Å². The Morgan fingerprint density at radius 3 is 2.73 bits per heavy atom. The van der Waals surface area contributed by atoms with Crippen LogP contribution in [0.25, 0.3) is 0 Å². The molecule has 0 aliphatic carbocycles. The molecular formula is C18H28N2O2. The molecule has 0 saturated heterocycles. The maximum absolute atomic E-state index is 12.3. The molecule has 0 saturated carbocycles. The van der Waals surface area contributed by atoms with Crippen molar-refractivity contribution in [2.24, 2.45) is 0 Å². The number of fused-ring (bicyclic) bond motifs is 1. The van der Waals surface area contributed by atoms with Crippen LogP contribution in [0.2, 0.25) is 0 Å². The van der Waals surface area contributed by atoms with Gasteiger partial charge in [0.25, 0.3) is 0 Å². The van der Waals surface area contributed by atoms with E-state index in [1.807, 2.05) is 25.7 Å². The monoisotopic (exact) mass is 304 g/mol. The number of rotatable bonds is 3. The zero-order valence-corrected chi connectivity index (χ0v) is 14.4. The number of hydrogen-bond acceptors (Lipinski definition) is 3. The number of nitrogens with one attached hydrogen (secondary N) is 1. The van der Waals surface area contributed by atoms with Gasteiger partial charge in [-0.25, -0.2) is 4.79 Å². The molecule has 4 heteroatoms. The molecule has 1 amide bonds. The number of carbonyl (C=O) groups excluding carboxylic acids is 1. The fourth-order valence-electron chi connectivity index (χ4n) is 2.74. The van der Waals surface area contributed by atoms with E-state index < -0.39 is 5.60 Å². The standard InChI is InChI=1S/C18H28N2O2/c1-6-19-11-14-7-8-15-12-20(13(2)9-16(15)10-14)17(21)22-18(3,4)5/h7-8,10,13,19H,6,9,11-12H2,1-5H3. The predicted molar refractivity (Wildman–Crippen MR) is 88.8 cm³/mol. The van der Waals surface area contributed by atoms with E-state index in [-0.39, 0.29) is 12.1 Å². The Hall–Kier alpha value is -1.55. The Balaban J connectivity index is 2.11. The molecule has 122 valence electrons. The molecule has 22 heavy (non-hydrogen) atoms. The fourth-order valence-corrected chi connectivity index (χ4v) is 2.74. The first-order valence-electron chi connectivity index (χ1n) is 8.11. The van der Waals surface area contributed by atoms with Crippen LogP contribution in [0.15, 0.2) is 18.2 Å². The lowest BCUT2D eigenvalue weighted by atomic mass is 9.93. The third-order valence-corrected chi connectivity index (χ3v) is 3.87. The fraction of sp³-hybridized carbons (Fsp3) is 0.611. The van der Waals surface area contributed by atoms with E-state index in [2.05, 4.69) is 37.4 Å². The van der Waals surface area contributed by atoms with Crippen LogP contribution in [-0.2, 0) is 24.2 Å². The van der Waals surface area contributed by atoms with Gasteiger partial charge in [0.1, 0.15) is 5.60 Å². The minimum atomic E-state index is -0.452. The zero-order chi connectivity index (χ0) is 16.3. The highest BCUT2D eigenvalue weighted by atomic mass is 16.6. The summed E-state index contributed by atoms with van der Waals surface area (Å²) in [6.07, 6.45) is 0.663. The van der Waals surface area contributed by atoms with Crippen molar-refractivity contribution < 1.29 is 9.53 Å². The van der Waals surface area contributed by atoms with Gasteiger partial charge < -0.3 is 15.0 Å². The van der Waals surface area contributed by atoms with Crippen LogP contribution in [0.5, 0.6) is 0 Å². The van der Waals surface area contributed by atoms with Gasteiger partial charge in [0, 0.05) is 19.1 Å². The van der Waals surface area contributed by atoms with Crippen LogP contribution in [0.3, 0.4) is 0 Å². The molecule has 1 aliphatic heterocycles. The van der Waals surface area contributed by atoms with E-state index >= 15 is 0 Å². The van der Waals surface area contributed by atoms with Crippen LogP contribution >= 0.6 is 0 Å². The third-order valence-electron chi connectivity index (χ3n) is 3.87. The van der Waals surface area contributed by atoms with Crippen LogP contribution in [0.1, 0.15) is 51.3 Å². The molecule has 0 radical (unpaired) electrons. The number of amides is 1. The van der Waals surface area contributed by atoms with Crippen LogP contribution in [0.4, 0.5) is 4.79 Å². The molecular weight excluding hydrogens is 276 g/mol. The van der Waals surface area contributed by atoms with Crippen LogP contribution in [0, 0.1) is 0 Å². The van der Waals surface area contributed by atoms with Gasteiger partial charge in [-0.3, -0.25) is 0 Å². The SMILES string of the molecule is CCNCc1ccc2c(c1)CC(C)N(C(=O)OC(C)(C)C)C2. The van der Waals surface area contributed by atoms with Crippen molar-refractivity contribution in [1.82, 2.24) is 10.2 Å². The van der Waals surface area contributed by atoms with E-state index in [9.17, 15) is 4.79 Å². The molecule has 0 aromatic heterocycles. The summed E-state index contributed by atoms with van der Waals surface area (Å²) in [6.45, 7) is 12.4. The Morgan fingerprint density at radius 1 is 1.36 bits per heavy atom. The summed E-state index contributed by atoms with van der Waals surface area (Å²) < 4.78 is 5.52. The lowest BCUT2D eigenvalue weighted by molar-refractivity contribution is 0.0138. The molecule has 1 N–H and O–H groups in total. The van der Waals surface area contributed by atoms with Crippen LogP contribution in [-0.4, -0.2) is 29.2 Å². The molecule has 1 heterocycles. The Kier molecular flexibility index (Phi) is 5.12. The summed E-state index contributed by atoms with van der Waals surface area (Å²) in [4.78, 5) is 14.2. The number of hydrogen-bond donors (Lipinski definition) is 1. The van der Waals surface area contributed by atoms with Crippen molar-refractivity contribution in [3.8, 4) is 0 Å². The molecule has 1 unspecified atom stereocenters. The first kappa shape index (κ1) is 16.8. The van der Waals surface area contributed by atoms with Crippen molar-refractivity contribution in [3.63, 3.8) is 0 Å². The van der Waals surface area contributed by atoms with E-state index in [0.29, 0.717) is 6.54 Å². The van der Waals surface area contributed by atoms with E-state index in [4.69, 9.17) is 4.74 Å².